The molecular weight excluding hydrogens is 346 g/mol. The van der Waals surface area contributed by atoms with Crippen LogP contribution in [0.3, 0.4) is 0 Å². The number of carbonyl (C=O) groups excluding carboxylic acids is 1. The van der Waals surface area contributed by atoms with Gasteiger partial charge in [-0.2, -0.15) is 0 Å². The molecule has 0 aliphatic heterocycles. The molecule has 1 N–H and O–H groups in total. The molecule has 0 saturated heterocycles. The number of fused-ring (bicyclic) bond motifs is 1. The molecule has 0 radical (unpaired) electrons. The standard InChI is InChI=1S/C25H25NO2/c1-16(28-23-11-5-7-17-6-2-3-9-20(17)23)25(27)26-22-15-14-19-13-12-18-8-4-10-21(22)24(18)19/h4-5,7-8,10-11,14-16H,2-3,6,9,12-13H2,1H3,(H,26,27)/t16-/m1/s1. The minimum atomic E-state index is -0.545. The zero-order valence-corrected chi connectivity index (χ0v) is 16.3. The molecule has 0 saturated carbocycles. The van der Waals surface area contributed by atoms with Crippen LogP contribution in [0, 0.1) is 0 Å². The summed E-state index contributed by atoms with van der Waals surface area (Å²) in [5.41, 5.74) is 6.27. The van der Waals surface area contributed by atoms with Crippen molar-refractivity contribution in [3.8, 4) is 5.75 Å². The number of benzene rings is 3. The molecule has 3 nitrogen and oxygen atoms in total. The van der Waals surface area contributed by atoms with E-state index in [0.29, 0.717) is 0 Å². The van der Waals surface area contributed by atoms with Gasteiger partial charge in [-0.25, -0.2) is 0 Å². The van der Waals surface area contributed by atoms with Crippen molar-refractivity contribution in [3.63, 3.8) is 0 Å². The molecule has 3 aromatic carbocycles. The number of anilines is 1. The van der Waals surface area contributed by atoms with Crippen molar-refractivity contribution in [1.82, 2.24) is 0 Å². The first-order valence-corrected chi connectivity index (χ1v) is 10.3. The molecule has 0 unspecified atom stereocenters. The fourth-order valence-corrected chi connectivity index (χ4v) is 4.69. The second-order valence-electron chi connectivity index (χ2n) is 7.96. The summed E-state index contributed by atoms with van der Waals surface area (Å²) < 4.78 is 6.11. The van der Waals surface area contributed by atoms with E-state index < -0.39 is 6.10 Å². The van der Waals surface area contributed by atoms with Crippen LogP contribution in [0.15, 0.2) is 48.5 Å². The fraction of sp³-hybridized carbons (Fsp3) is 0.320. The zero-order chi connectivity index (χ0) is 19.1. The lowest BCUT2D eigenvalue weighted by Crippen LogP contribution is -2.30. The maximum absolute atomic E-state index is 12.9. The molecule has 0 aromatic heterocycles. The Morgan fingerprint density at radius 2 is 1.64 bits per heavy atom. The third kappa shape index (κ3) is 2.95. The number of carbonyl (C=O) groups is 1. The van der Waals surface area contributed by atoms with Crippen molar-refractivity contribution in [1.29, 1.82) is 0 Å². The molecule has 2 aliphatic rings. The van der Waals surface area contributed by atoms with E-state index in [0.717, 1.165) is 42.5 Å². The second-order valence-corrected chi connectivity index (χ2v) is 7.96. The second kappa shape index (κ2) is 6.97. The van der Waals surface area contributed by atoms with Gasteiger partial charge >= 0.3 is 0 Å². The minimum absolute atomic E-state index is 0.105. The summed E-state index contributed by atoms with van der Waals surface area (Å²) in [5, 5.41) is 5.54. The summed E-state index contributed by atoms with van der Waals surface area (Å²) in [6, 6.07) is 16.8. The van der Waals surface area contributed by atoms with Crippen molar-refractivity contribution in [2.24, 2.45) is 0 Å². The van der Waals surface area contributed by atoms with Gasteiger partial charge in [0.1, 0.15) is 5.75 Å². The average molecular weight is 371 g/mol. The van der Waals surface area contributed by atoms with E-state index in [9.17, 15) is 4.79 Å². The molecule has 5 rings (SSSR count). The highest BCUT2D eigenvalue weighted by Crippen LogP contribution is 2.35. The van der Waals surface area contributed by atoms with E-state index in [1.54, 1.807) is 0 Å². The smallest absolute Gasteiger partial charge is 0.265 e. The van der Waals surface area contributed by atoms with Gasteiger partial charge in [0, 0.05) is 11.1 Å². The maximum Gasteiger partial charge on any atom is 0.265 e. The van der Waals surface area contributed by atoms with Crippen molar-refractivity contribution < 1.29 is 9.53 Å². The van der Waals surface area contributed by atoms with E-state index >= 15 is 0 Å². The van der Waals surface area contributed by atoms with Gasteiger partial charge in [-0.1, -0.05) is 36.4 Å². The van der Waals surface area contributed by atoms with Crippen LogP contribution in [0.2, 0.25) is 0 Å². The molecule has 142 valence electrons. The van der Waals surface area contributed by atoms with Gasteiger partial charge in [-0.3, -0.25) is 4.79 Å². The molecule has 0 heterocycles. The Balaban J connectivity index is 1.38. The Labute approximate surface area is 165 Å². The van der Waals surface area contributed by atoms with Crippen molar-refractivity contribution in [2.45, 2.75) is 51.6 Å². The van der Waals surface area contributed by atoms with Gasteiger partial charge in [-0.05, 0) is 85.2 Å². The molecule has 2 aliphatic carbocycles. The van der Waals surface area contributed by atoms with E-state index in [1.807, 2.05) is 25.1 Å². The Kier molecular flexibility index (Phi) is 4.31. The summed E-state index contributed by atoms with van der Waals surface area (Å²) in [4.78, 5) is 12.9. The highest BCUT2D eigenvalue weighted by molar-refractivity contribution is 6.06. The number of hydrogen-bond donors (Lipinski definition) is 1. The van der Waals surface area contributed by atoms with Crippen LogP contribution < -0.4 is 10.1 Å². The first-order chi connectivity index (χ1) is 13.7. The molecule has 28 heavy (non-hydrogen) atoms. The quantitative estimate of drug-likeness (QED) is 0.682. The molecule has 3 heteroatoms. The molecule has 0 spiro atoms. The summed E-state index contributed by atoms with van der Waals surface area (Å²) >= 11 is 0. The van der Waals surface area contributed by atoms with Crippen LogP contribution >= 0.6 is 0 Å². The van der Waals surface area contributed by atoms with Crippen LogP contribution in [0.25, 0.3) is 10.8 Å². The van der Waals surface area contributed by atoms with E-state index in [2.05, 4.69) is 35.6 Å². The van der Waals surface area contributed by atoms with Gasteiger partial charge in [-0.15, -0.1) is 0 Å². The Morgan fingerprint density at radius 3 is 2.54 bits per heavy atom. The predicted octanol–water partition coefficient (Wildman–Crippen LogP) is 5.22. The molecular formula is C25H25NO2. The number of aryl methyl sites for hydroxylation is 3. The van der Waals surface area contributed by atoms with Crippen LogP contribution in [0.5, 0.6) is 5.75 Å². The fourth-order valence-electron chi connectivity index (χ4n) is 4.69. The predicted molar refractivity (Wildman–Crippen MR) is 113 cm³/mol. The Morgan fingerprint density at radius 1 is 0.893 bits per heavy atom. The molecule has 1 amide bonds. The normalized spacial score (nSPS) is 15.9. The highest BCUT2D eigenvalue weighted by Gasteiger charge is 2.21. The summed E-state index contributed by atoms with van der Waals surface area (Å²) in [7, 11) is 0. The first-order valence-electron chi connectivity index (χ1n) is 10.3. The summed E-state index contributed by atoms with van der Waals surface area (Å²) in [6.07, 6.45) is 6.19. The topological polar surface area (TPSA) is 38.3 Å². The van der Waals surface area contributed by atoms with Gasteiger partial charge in [0.2, 0.25) is 0 Å². The van der Waals surface area contributed by atoms with Crippen LogP contribution in [0.4, 0.5) is 5.69 Å². The lowest BCUT2D eigenvalue weighted by atomic mass is 9.91. The van der Waals surface area contributed by atoms with Crippen molar-refractivity contribution in [2.75, 3.05) is 5.32 Å². The third-order valence-corrected chi connectivity index (χ3v) is 6.16. The third-order valence-electron chi connectivity index (χ3n) is 6.16. The monoisotopic (exact) mass is 371 g/mol. The van der Waals surface area contributed by atoms with Gasteiger partial charge in [0.15, 0.2) is 6.10 Å². The molecule has 0 fully saturated rings. The van der Waals surface area contributed by atoms with E-state index in [-0.39, 0.29) is 5.91 Å². The largest absolute Gasteiger partial charge is 0.481 e. The number of nitrogens with one attached hydrogen (secondary N) is 1. The minimum Gasteiger partial charge on any atom is -0.481 e. The lowest BCUT2D eigenvalue weighted by molar-refractivity contribution is -0.122. The lowest BCUT2D eigenvalue weighted by Gasteiger charge is -2.22. The maximum atomic E-state index is 12.9. The number of rotatable bonds is 4. The first kappa shape index (κ1) is 17.3. The van der Waals surface area contributed by atoms with Crippen LogP contribution in [-0.2, 0) is 30.5 Å². The summed E-state index contributed by atoms with van der Waals surface area (Å²) in [5.74, 6) is 0.757. The highest BCUT2D eigenvalue weighted by atomic mass is 16.5. The van der Waals surface area contributed by atoms with Gasteiger partial charge in [0.05, 0.1) is 0 Å². The SMILES string of the molecule is C[C@@H](Oc1cccc2c1CCCC2)C(=O)Nc1ccc2c3c(cccc13)CC2. The number of hydrogen-bond acceptors (Lipinski definition) is 2. The molecule has 3 aromatic rings. The van der Waals surface area contributed by atoms with E-state index in [1.165, 1.54) is 40.5 Å². The van der Waals surface area contributed by atoms with Crippen LogP contribution in [0.1, 0.15) is 42.0 Å². The summed E-state index contributed by atoms with van der Waals surface area (Å²) in [6.45, 7) is 1.83. The average Bonchev–Trinajstić information content (AvgIpc) is 3.15. The Hall–Kier alpha value is -2.81. The Bertz CT molecular complexity index is 1060. The van der Waals surface area contributed by atoms with Crippen LogP contribution in [-0.4, -0.2) is 12.0 Å². The molecule has 0 bridgehead atoms. The van der Waals surface area contributed by atoms with Crippen molar-refractivity contribution in [3.05, 3.63) is 70.8 Å². The molecule has 1 atom stereocenters. The van der Waals surface area contributed by atoms with Gasteiger partial charge < -0.3 is 10.1 Å². The number of ether oxygens (including phenoxy) is 1. The number of amides is 1. The van der Waals surface area contributed by atoms with Gasteiger partial charge in [0.25, 0.3) is 5.91 Å². The zero-order valence-electron chi connectivity index (χ0n) is 16.3. The van der Waals surface area contributed by atoms with Crippen molar-refractivity contribution >= 4 is 22.4 Å². The van der Waals surface area contributed by atoms with E-state index in [4.69, 9.17) is 4.74 Å².